The summed E-state index contributed by atoms with van der Waals surface area (Å²) in [5, 5.41) is 2.36. The molecule has 2 aliphatic rings. The van der Waals surface area contributed by atoms with Crippen LogP contribution in [0.5, 0.6) is 0 Å². The van der Waals surface area contributed by atoms with Crippen molar-refractivity contribution in [2.75, 3.05) is 32.7 Å². The predicted octanol–water partition coefficient (Wildman–Crippen LogP) is 1.30. The summed E-state index contributed by atoms with van der Waals surface area (Å²) in [6.45, 7) is 4.71. The average molecular weight is 372 g/mol. The lowest BCUT2D eigenvalue weighted by molar-refractivity contribution is -0.144. The maximum absolute atomic E-state index is 12.9. The van der Waals surface area contributed by atoms with Gasteiger partial charge in [-0.2, -0.15) is 0 Å². The van der Waals surface area contributed by atoms with Gasteiger partial charge in [0.25, 0.3) is 0 Å². The number of hydrogen-bond acceptors (Lipinski definition) is 3. The lowest BCUT2D eigenvalue weighted by atomic mass is 9.67. The van der Waals surface area contributed by atoms with E-state index in [1.54, 1.807) is 4.90 Å². The normalized spacial score (nSPS) is 22.0. The van der Waals surface area contributed by atoms with E-state index in [1.165, 1.54) is 0 Å². The molecule has 7 nitrogen and oxygen atoms in total. The van der Waals surface area contributed by atoms with Gasteiger partial charge in [0, 0.05) is 26.2 Å². The molecule has 0 aromatic heterocycles. The lowest BCUT2D eigenvalue weighted by Gasteiger charge is -2.49. The van der Waals surface area contributed by atoms with Crippen LogP contribution < -0.4 is 11.1 Å². The minimum absolute atomic E-state index is 0.0400. The number of rotatable bonds is 4. The summed E-state index contributed by atoms with van der Waals surface area (Å²) < 4.78 is 0. The van der Waals surface area contributed by atoms with Crippen LogP contribution in [-0.2, 0) is 9.59 Å². The number of carbonyl (C=O) groups excluding carboxylic acids is 3. The number of likely N-dealkylation sites (N-methyl/N-ethyl adjacent to an activating group) is 1. The molecule has 2 fully saturated rings. The summed E-state index contributed by atoms with van der Waals surface area (Å²) in [5.41, 5.74) is 6.15. The van der Waals surface area contributed by atoms with Gasteiger partial charge in [-0.3, -0.25) is 9.59 Å². The van der Waals surface area contributed by atoms with Crippen LogP contribution in [0.25, 0.3) is 0 Å². The molecular formula is C20H28N4O3. The molecule has 1 aromatic rings. The van der Waals surface area contributed by atoms with E-state index >= 15 is 0 Å². The first-order chi connectivity index (χ1) is 12.9. The van der Waals surface area contributed by atoms with Gasteiger partial charge in [-0.05, 0) is 37.2 Å². The number of primary amides is 1. The third-order valence-electron chi connectivity index (χ3n) is 5.95. The van der Waals surface area contributed by atoms with E-state index < -0.39 is 6.03 Å². The maximum Gasteiger partial charge on any atom is 0.312 e. The van der Waals surface area contributed by atoms with Crippen molar-refractivity contribution in [3.8, 4) is 0 Å². The highest BCUT2D eigenvalue weighted by atomic mass is 16.2. The summed E-state index contributed by atoms with van der Waals surface area (Å²) in [5.74, 6) is -0.0142. The molecule has 0 saturated carbocycles. The number of nitrogens with zero attached hydrogens (tertiary/aromatic N) is 2. The zero-order valence-electron chi connectivity index (χ0n) is 15.8. The highest BCUT2D eigenvalue weighted by molar-refractivity contribution is 5.85. The van der Waals surface area contributed by atoms with Gasteiger partial charge >= 0.3 is 6.03 Å². The van der Waals surface area contributed by atoms with E-state index in [0.29, 0.717) is 19.6 Å². The Morgan fingerprint density at radius 2 is 1.89 bits per heavy atom. The Bertz CT molecular complexity index is 698. The highest BCUT2D eigenvalue weighted by Crippen LogP contribution is 2.45. The molecule has 1 atom stereocenters. The van der Waals surface area contributed by atoms with Crippen LogP contribution in [0.2, 0.25) is 0 Å². The monoisotopic (exact) mass is 372 g/mol. The topological polar surface area (TPSA) is 95.7 Å². The first kappa shape index (κ1) is 19.2. The molecule has 3 N–H and O–H groups in total. The Kier molecular flexibility index (Phi) is 5.68. The van der Waals surface area contributed by atoms with Gasteiger partial charge in [0.05, 0.1) is 12.5 Å². The Labute approximate surface area is 159 Å². The summed E-state index contributed by atoms with van der Waals surface area (Å²) in [6, 6.07) is 9.30. The van der Waals surface area contributed by atoms with Gasteiger partial charge in [0.15, 0.2) is 0 Å². The second-order valence-electron chi connectivity index (χ2n) is 7.62. The van der Waals surface area contributed by atoms with E-state index in [9.17, 15) is 14.4 Å². The summed E-state index contributed by atoms with van der Waals surface area (Å²) in [6.07, 6.45) is 2.55. The van der Waals surface area contributed by atoms with Crippen molar-refractivity contribution in [1.82, 2.24) is 15.1 Å². The van der Waals surface area contributed by atoms with Gasteiger partial charge in [-0.25, -0.2) is 4.79 Å². The number of piperidine rings is 2. The molecule has 7 heteroatoms. The average Bonchev–Trinajstić information content (AvgIpc) is 2.69. The number of urea groups is 1. The quantitative estimate of drug-likeness (QED) is 0.834. The van der Waals surface area contributed by atoms with Crippen LogP contribution in [0.3, 0.4) is 0 Å². The van der Waals surface area contributed by atoms with Gasteiger partial charge in [0.2, 0.25) is 11.8 Å². The Morgan fingerprint density at radius 1 is 1.22 bits per heavy atom. The number of benzene rings is 1. The SMILES string of the molecule is CCN1CC2(CCN(C(=O)CNC(N)=O)CC2)C[C@H](c2ccccc2)C1=O. The molecule has 1 aromatic carbocycles. The van der Waals surface area contributed by atoms with Gasteiger partial charge in [0.1, 0.15) is 0 Å². The molecule has 27 heavy (non-hydrogen) atoms. The molecule has 3 rings (SSSR count). The highest BCUT2D eigenvalue weighted by Gasteiger charge is 2.46. The van der Waals surface area contributed by atoms with Crippen molar-refractivity contribution >= 4 is 17.8 Å². The minimum atomic E-state index is -0.688. The molecule has 2 saturated heterocycles. The molecule has 2 aliphatic heterocycles. The minimum Gasteiger partial charge on any atom is -0.352 e. The number of likely N-dealkylation sites (tertiary alicyclic amines) is 2. The molecule has 4 amide bonds. The molecular weight excluding hydrogens is 344 g/mol. The fourth-order valence-corrected chi connectivity index (χ4v) is 4.37. The van der Waals surface area contributed by atoms with E-state index in [4.69, 9.17) is 5.73 Å². The van der Waals surface area contributed by atoms with E-state index in [0.717, 1.165) is 31.4 Å². The van der Waals surface area contributed by atoms with Crippen molar-refractivity contribution in [3.63, 3.8) is 0 Å². The van der Waals surface area contributed by atoms with E-state index in [2.05, 4.69) is 5.32 Å². The molecule has 0 radical (unpaired) electrons. The standard InChI is InChI=1S/C20H28N4O3/c1-2-23-14-20(12-16(18(23)26)15-6-4-3-5-7-15)8-10-24(11-9-20)17(25)13-22-19(21)27/h3-7,16H,2,8-14H2,1H3,(H3,21,22,27)/t16-/m1/s1. The van der Waals surface area contributed by atoms with Crippen LogP contribution in [0.4, 0.5) is 4.79 Å². The molecule has 2 heterocycles. The van der Waals surface area contributed by atoms with E-state index in [-0.39, 0.29) is 29.7 Å². The smallest absolute Gasteiger partial charge is 0.312 e. The number of carbonyl (C=O) groups is 3. The Hall–Kier alpha value is -2.57. The van der Waals surface area contributed by atoms with Crippen molar-refractivity contribution in [2.24, 2.45) is 11.1 Å². The van der Waals surface area contributed by atoms with E-state index in [1.807, 2.05) is 42.2 Å². The predicted molar refractivity (Wildman–Crippen MR) is 102 cm³/mol. The van der Waals surface area contributed by atoms with Gasteiger partial charge < -0.3 is 20.9 Å². The van der Waals surface area contributed by atoms with Crippen LogP contribution in [0, 0.1) is 5.41 Å². The van der Waals surface area contributed by atoms with Crippen molar-refractivity contribution in [3.05, 3.63) is 35.9 Å². The number of nitrogens with two attached hydrogens (primary N) is 1. The fraction of sp³-hybridized carbons (Fsp3) is 0.550. The van der Waals surface area contributed by atoms with Crippen molar-refractivity contribution < 1.29 is 14.4 Å². The number of hydrogen-bond donors (Lipinski definition) is 2. The van der Waals surface area contributed by atoms with Crippen LogP contribution in [-0.4, -0.2) is 60.4 Å². The number of amides is 4. The Morgan fingerprint density at radius 3 is 2.48 bits per heavy atom. The summed E-state index contributed by atoms with van der Waals surface area (Å²) in [4.78, 5) is 39.7. The maximum atomic E-state index is 12.9. The zero-order chi connectivity index (χ0) is 19.4. The third kappa shape index (κ3) is 4.23. The molecule has 0 unspecified atom stereocenters. The summed E-state index contributed by atoms with van der Waals surface area (Å²) >= 11 is 0. The van der Waals surface area contributed by atoms with Gasteiger partial charge in [-0.15, -0.1) is 0 Å². The number of nitrogens with one attached hydrogen (secondary N) is 1. The van der Waals surface area contributed by atoms with Crippen molar-refractivity contribution in [2.45, 2.75) is 32.1 Å². The first-order valence-electron chi connectivity index (χ1n) is 9.59. The first-order valence-corrected chi connectivity index (χ1v) is 9.59. The molecule has 0 bridgehead atoms. The van der Waals surface area contributed by atoms with Gasteiger partial charge in [-0.1, -0.05) is 30.3 Å². The lowest BCUT2D eigenvalue weighted by Crippen LogP contribution is -2.55. The molecule has 146 valence electrons. The summed E-state index contributed by atoms with van der Waals surface area (Å²) in [7, 11) is 0. The zero-order valence-corrected chi connectivity index (χ0v) is 15.8. The second kappa shape index (κ2) is 7.98. The fourth-order valence-electron chi connectivity index (χ4n) is 4.37. The Balaban J connectivity index is 1.70. The van der Waals surface area contributed by atoms with Crippen LogP contribution in [0.15, 0.2) is 30.3 Å². The third-order valence-corrected chi connectivity index (χ3v) is 5.95. The molecule has 1 spiro atoms. The molecule has 0 aliphatic carbocycles. The van der Waals surface area contributed by atoms with Crippen LogP contribution in [0.1, 0.15) is 37.7 Å². The largest absolute Gasteiger partial charge is 0.352 e. The van der Waals surface area contributed by atoms with Crippen LogP contribution >= 0.6 is 0 Å². The van der Waals surface area contributed by atoms with Crippen molar-refractivity contribution in [1.29, 1.82) is 0 Å². The second-order valence-corrected chi connectivity index (χ2v) is 7.62.